The zero-order valence-electron chi connectivity index (χ0n) is 13.5. The molecule has 0 aromatic heterocycles. The van der Waals surface area contributed by atoms with Crippen molar-refractivity contribution in [3.63, 3.8) is 0 Å². The van der Waals surface area contributed by atoms with Crippen LogP contribution in [0.4, 0.5) is 0 Å². The third-order valence-electron chi connectivity index (χ3n) is 3.86. The Kier molecular flexibility index (Phi) is 6.12. The minimum Gasteiger partial charge on any atom is -0.508 e. The maximum Gasteiger partial charge on any atom is 0.122 e. The van der Waals surface area contributed by atoms with E-state index in [1.165, 1.54) is 18.4 Å². The van der Waals surface area contributed by atoms with Gasteiger partial charge in [0.2, 0.25) is 0 Å². The van der Waals surface area contributed by atoms with Crippen molar-refractivity contribution < 1.29 is 10.2 Å². The first-order valence-corrected chi connectivity index (χ1v) is 7.49. The van der Waals surface area contributed by atoms with Gasteiger partial charge in [0.1, 0.15) is 11.5 Å². The molecule has 1 aromatic carbocycles. The van der Waals surface area contributed by atoms with Crippen molar-refractivity contribution in [3.8, 4) is 11.5 Å². The summed E-state index contributed by atoms with van der Waals surface area (Å²) < 4.78 is 0. The molecule has 2 heteroatoms. The van der Waals surface area contributed by atoms with Crippen molar-refractivity contribution in [2.24, 2.45) is 5.92 Å². The van der Waals surface area contributed by atoms with E-state index in [2.05, 4.69) is 26.8 Å². The van der Waals surface area contributed by atoms with Gasteiger partial charge >= 0.3 is 0 Å². The molecule has 0 amide bonds. The third-order valence-corrected chi connectivity index (χ3v) is 3.86. The Morgan fingerprint density at radius 3 is 2.50 bits per heavy atom. The lowest BCUT2D eigenvalue weighted by molar-refractivity contribution is 0.448. The second kappa shape index (κ2) is 7.37. The van der Waals surface area contributed by atoms with Gasteiger partial charge in [-0.15, -0.1) is 0 Å². The first-order chi connectivity index (χ1) is 9.32. The number of phenols is 2. The van der Waals surface area contributed by atoms with Crippen molar-refractivity contribution in [2.75, 3.05) is 0 Å². The van der Waals surface area contributed by atoms with Gasteiger partial charge in [-0.05, 0) is 63.1 Å². The van der Waals surface area contributed by atoms with Crippen LogP contribution in [0.15, 0.2) is 17.7 Å². The van der Waals surface area contributed by atoms with Gasteiger partial charge in [0.05, 0.1) is 0 Å². The van der Waals surface area contributed by atoms with E-state index in [1.807, 2.05) is 13.8 Å². The summed E-state index contributed by atoms with van der Waals surface area (Å²) in [5, 5.41) is 20.0. The average molecular weight is 276 g/mol. The van der Waals surface area contributed by atoms with Crippen LogP contribution in [-0.4, -0.2) is 10.2 Å². The number of benzene rings is 1. The molecule has 0 heterocycles. The summed E-state index contributed by atoms with van der Waals surface area (Å²) >= 11 is 0. The van der Waals surface area contributed by atoms with Crippen LogP contribution in [-0.2, 0) is 6.42 Å². The first-order valence-electron chi connectivity index (χ1n) is 7.49. The molecule has 0 aliphatic heterocycles. The summed E-state index contributed by atoms with van der Waals surface area (Å²) in [5.41, 5.74) is 3.70. The van der Waals surface area contributed by atoms with E-state index in [-0.39, 0.29) is 5.75 Å². The third kappa shape index (κ3) is 4.59. The van der Waals surface area contributed by atoms with Crippen molar-refractivity contribution in [1.29, 1.82) is 0 Å². The van der Waals surface area contributed by atoms with E-state index < -0.39 is 0 Å². The molecular weight excluding hydrogens is 248 g/mol. The van der Waals surface area contributed by atoms with Gasteiger partial charge in [0.15, 0.2) is 0 Å². The average Bonchev–Trinajstić information content (AvgIpc) is 2.36. The van der Waals surface area contributed by atoms with E-state index in [1.54, 1.807) is 6.07 Å². The van der Waals surface area contributed by atoms with Crippen molar-refractivity contribution in [3.05, 3.63) is 34.4 Å². The summed E-state index contributed by atoms with van der Waals surface area (Å²) in [6, 6.07) is 1.62. The molecule has 0 aliphatic rings. The van der Waals surface area contributed by atoms with E-state index >= 15 is 0 Å². The topological polar surface area (TPSA) is 40.5 Å². The van der Waals surface area contributed by atoms with Gasteiger partial charge in [0.25, 0.3) is 0 Å². The highest BCUT2D eigenvalue weighted by Gasteiger charge is 2.11. The summed E-state index contributed by atoms with van der Waals surface area (Å²) in [4.78, 5) is 0. The Morgan fingerprint density at radius 2 is 1.90 bits per heavy atom. The number of aryl methyl sites for hydroxylation is 1. The van der Waals surface area contributed by atoms with Crippen LogP contribution in [0.5, 0.6) is 11.5 Å². The van der Waals surface area contributed by atoms with E-state index in [0.29, 0.717) is 12.2 Å². The molecule has 2 N–H and O–H groups in total. The lowest BCUT2D eigenvalue weighted by Crippen LogP contribution is -1.93. The van der Waals surface area contributed by atoms with E-state index in [4.69, 9.17) is 0 Å². The molecule has 0 radical (unpaired) electrons. The van der Waals surface area contributed by atoms with Gasteiger partial charge in [-0.1, -0.05) is 31.9 Å². The smallest absolute Gasteiger partial charge is 0.122 e. The highest BCUT2D eigenvalue weighted by atomic mass is 16.3. The van der Waals surface area contributed by atoms with Crippen LogP contribution in [0.25, 0.3) is 0 Å². The van der Waals surface area contributed by atoms with E-state index in [0.717, 1.165) is 29.0 Å². The van der Waals surface area contributed by atoms with Gasteiger partial charge in [-0.2, -0.15) is 0 Å². The molecule has 20 heavy (non-hydrogen) atoms. The Balaban J connectivity index is 2.74. The normalized spacial score (nSPS) is 12.2. The Bertz CT molecular complexity index is 458. The SMILES string of the molecule is C/C(=C\Cc1c(C)c(O)cc(C)c1O)CCCC(C)C. The van der Waals surface area contributed by atoms with Gasteiger partial charge in [0, 0.05) is 5.56 Å². The summed E-state index contributed by atoms with van der Waals surface area (Å²) in [6.45, 7) is 10.3. The number of allylic oxidation sites excluding steroid dienone is 2. The quantitative estimate of drug-likeness (QED) is 0.565. The molecule has 0 bridgehead atoms. The molecule has 0 fully saturated rings. The van der Waals surface area contributed by atoms with Crippen LogP contribution >= 0.6 is 0 Å². The predicted octanol–water partition coefficient (Wildman–Crippen LogP) is 5.03. The molecule has 0 aliphatic carbocycles. The molecule has 0 saturated carbocycles. The fourth-order valence-electron chi connectivity index (χ4n) is 2.37. The maximum atomic E-state index is 10.1. The highest BCUT2D eigenvalue weighted by molar-refractivity contribution is 5.52. The Labute approximate surface area is 123 Å². The number of hydrogen-bond acceptors (Lipinski definition) is 2. The van der Waals surface area contributed by atoms with Crippen LogP contribution in [0.2, 0.25) is 0 Å². The van der Waals surface area contributed by atoms with Crippen molar-refractivity contribution >= 4 is 0 Å². The molecule has 1 rings (SSSR count). The number of aromatic hydroxyl groups is 2. The number of phenolic OH excluding ortho intramolecular Hbond substituents is 2. The largest absolute Gasteiger partial charge is 0.508 e. The fourth-order valence-corrected chi connectivity index (χ4v) is 2.37. The van der Waals surface area contributed by atoms with Crippen LogP contribution in [0.1, 0.15) is 56.7 Å². The predicted molar refractivity (Wildman–Crippen MR) is 85.4 cm³/mol. The molecule has 0 unspecified atom stereocenters. The second-order valence-electron chi connectivity index (χ2n) is 6.21. The molecule has 0 atom stereocenters. The van der Waals surface area contributed by atoms with Gasteiger partial charge in [-0.3, -0.25) is 0 Å². The van der Waals surface area contributed by atoms with Crippen molar-refractivity contribution in [1.82, 2.24) is 0 Å². The van der Waals surface area contributed by atoms with E-state index in [9.17, 15) is 10.2 Å². The maximum absolute atomic E-state index is 10.1. The van der Waals surface area contributed by atoms with Crippen LogP contribution in [0.3, 0.4) is 0 Å². The minimum absolute atomic E-state index is 0.265. The summed E-state index contributed by atoms with van der Waals surface area (Å²) in [6.07, 6.45) is 6.42. The van der Waals surface area contributed by atoms with Crippen LogP contribution in [0, 0.1) is 19.8 Å². The zero-order chi connectivity index (χ0) is 15.3. The summed E-state index contributed by atoms with van der Waals surface area (Å²) in [5.74, 6) is 1.33. The molecule has 0 saturated heterocycles. The second-order valence-corrected chi connectivity index (χ2v) is 6.21. The Hall–Kier alpha value is -1.44. The molecule has 112 valence electrons. The standard InChI is InChI=1S/C18H28O2/c1-12(2)7-6-8-13(3)9-10-16-15(5)17(19)11-14(4)18(16)20/h9,11-12,19-20H,6-8,10H2,1-5H3/b13-9+. The number of hydrogen-bond donors (Lipinski definition) is 2. The molecule has 0 spiro atoms. The highest BCUT2D eigenvalue weighted by Crippen LogP contribution is 2.32. The Morgan fingerprint density at radius 1 is 1.25 bits per heavy atom. The van der Waals surface area contributed by atoms with Crippen molar-refractivity contribution in [2.45, 2.75) is 60.3 Å². The van der Waals surface area contributed by atoms with Gasteiger partial charge in [-0.25, -0.2) is 0 Å². The lowest BCUT2D eigenvalue weighted by atomic mass is 9.97. The van der Waals surface area contributed by atoms with Crippen LogP contribution < -0.4 is 0 Å². The molecular formula is C18H28O2. The minimum atomic E-state index is 0.265. The number of rotatable bonds is 6. The van der Waals surface area contributed by atoms with Gasteiger partial charge < -0.3 is 10.2 Å². The molecule has 2 nitrogen and oxygen atoms in total. The molecule has 1 aromatic rings. The zero-order valence-corrected chi connectivity index (χ0v) is 13.5. The summed E-state index contributed by atoms with van der Waals surface area (Å²) in [7, 11) is 0. The monoisotopic (exact) mass is 276 g/mol. The lowest BCUT2D eigenvalue weighted by Gasteiger charge is -2.12. The fraction of sp³-hybridized carbons (Fsp3) is 0.556. The first kappa shape index (κ1) is 16.6.